The van der Waals surface area contributed by atoms with Gasteiger partial charge in [0.15, 0.2) is 0 Å². The molecule has 1 aliphatic rings. The summed E-state index contributed by atoms with van der Waals surface area (Å²) in [4.78, 5) is 23.2. The number of carbonyl (C=O) groups excluding carboxylic acids is 2. The summed E-state index contributed by atoms with van der Waals surface area (Å²) < 4.78 is 12.9. The van der Waals surface area contributed by atoms with Gasteiger partial charge in [0.25, 0.3) is 5.91 Å². The van der Waals surface area contributed by atoms with Gasteiger partial charge in [0.05, 0.1) is 0 Å². The molecule has 0 radical (unpaired) electrons. The number of aryl methyl sites for hydroxylation is 1. The van der Waals surface area contributed by atoms with Crippen LogP contribution in [0.25, 0.3) is 0 Å². The van der Waals surface area contributed by atoms with E-state index < -0.39 is 0 Å². The summed E-state index contributed by atoms with van der Waals surface area (Å²) in [5.41, 5.74) is 1.02. The number of halogens is 1. The molecule has 102 valence electrons. The molecule has 1 fully saturated rings. The van der Waals surface area contributed by atoms with Crippen molar-refractivity contribution in [2.75, 3.05) is 6.54 Å². The summed E-state index contributed by atoms with van der Waals surface area (Å²) in [6, 6.07) is 4.35. The van der Waals surface area contributed by atoms with Crippen LogP contribution in [0.2, 0.25) is 0 Å². The molecule has 5 heteroatoms. The second kappa shape index (κ2) is 5.82. The molecule has 19 heavy (non-hydrogen) atoms. The third-order valence-corrected chi connectivity index (χ3v) is 3.01. The van der Waals surface area contributed by atoms with Crippen LogP contribution in [-0.4, -0.2) is 24.4 Å². The smallest absolute Gasteiger partial charge is 0.251 e. The molecule has 0 heterocycles. The largest absolute Gasteiger partial charge is 0.353 e. The average Bonchev–Trinajstić information content (AvgIpc) is 3.12. The van der Waals surface area contributed by atoms with Crippen molar-refractivity contribution in [3.8, 4) is 0 Å². The maximum atomic E-state index is 12.9. The summed E-state index contributed by atoms with van der Waals surface area (Å²) in [6.45, 7) is 1.96. The van der Waals surface area contributed by atoms with Crippen molar-refractivity contribution < 1.29 is 14.0 Å². The van der Waals surface area contributed by atoms with Crippen LogP contribution in [0.1, 0.15) is 35.2 Å². The van der Waals surface area contributed by atoms with Crippen LogP contribution in [-0.2, 0) is 4.79 Å². The lowest BCUT2D eigenvalue weighted by Crippen LogP contribution is -2.31. The van der Waals surface area contributed by atoms with E-state index in [1.807, 2.05) is 0 Å². The highest BCUT2D eigenvalue weighted by molar-refractivity contribution is 5.95. The van der Waals surface area contributed by atoms with E-state index in [0.717, 1.165) is 12.8 Å². The number of carbonyl (C=O) groups is 2. The fraction of sp³-hybridized carbons (Fsp3) is 0.429. The zero-order valence-electron chi connectivity index (χ0n) is 10.8. The number of nitrogens with one attached hydrogen (secondary N) is 2. The van der Waals surface area contributed by atoms with Gasteiger partial charge in [-0.2, -0.15) is 0 Å². The molecule has 0 atom stereocenters. The summed E-state index contributed by atoms with van der Waals surface area (Å²) >= 11 is 0. The van der Waals surface area contributed by atoms with Gasteiger partial charge in [-0.3, -0.25) is 9.59 Å². The zero-order chi connectivity index (χ0) is 13.8. The van der Waals surface area contributed by atoms with Crippen LogP contribution in [0.5, 0.6) is 0 Å². The van der Waals surface area contributed by atoms with Gasteiger partial charge in [-0.05, 0) is 43.5 Å². The molecule has 0 bridgehead atoms. The molecule has 2 N–H and O–H groups in total. The summed E-state index contributed by atoms with van der Waals surface area (Å²) in [7, 11) is 0. The predicted octanol–water partition coefficient (Wildman–Crippen LogP) is 1.53. The van der Waals surface area contributed by atoms with Crippen LogP contribution >= 0.6 is 0 Å². The van der Waals surface area contributed by atoms with Crippen molar-refractivity contribution in [1.82, 2.24) is 10.6 Å². The average molecular weight is 264 g/mol. The summed E-state index contributed by atoms with van der Waals surface area (Å²) in [6.07, 6.45) is 2.36. The van der Waals surface area contributed by atoms with Crippen molar-refractivity contribution >= 4 is 11.8 Å². The van der Waals surface area contributed by atoms with Gasteiger partial charge in [0, 0.05) is 24.6 Å². The summed E-state index contributed by atoms with van der Waals surface area (Å²) in [5.74, 6) is -0.687. The second-order valence-corrected chi connectivity index (χ2v) is 4.81. The highest BCUT2D eigenvalue weighted by Crippen LogP contribution is 2.18. The molecule has 0 aromatic heterocycles. The molecule has 0 aliphatic heterocycles. The van der Waals surface area contributed by atoms with Crippen molar-refractivity contribution in [1.29, 1.82) is 0 Å². The topological polar surface area (TPSA) is 58.2 Å². The Morgan fingerprint density at radius 2 is 2.11 bits per heavy atom. The number of amides is 2. The molecule has 0 unspecified atom stereocenters. The minimum Gasteiger partial charge on any atom is -0.353 e. The predicted molar refractivity (Wildman–Crippen MR) is 69.3 cm³/mol. The van der Waals surface area contributed by atoms with E-state index in [1.165, 1.54) is 18.2 Å². The van der Waals surface area contributed by atoms with E-state index in [-0.39, 0.29) is 30.6 Å². The Kier molecular flexibility index (Phi) is 4.14. The highest BCUT2D eigenvalue weighted by atomic mass is 19.1. The van der Waals surface area contributed by atoms with Crippen molar-refractivity contribution in [2.45, 2.75) is 32.2 Å². The van der Waals surface area contributed by atoms with Crippen LogP contribution < -0.4 is 10.6 Å². The maximum absolute atomic E-state index is 12.9. The lowest BCUT2D eigenvalue weighted by Gasteiger charge is -2.08. The third-order valence-electron chi connectivity index (χ3n) is 3.01. The Morgan fingerprint density at radius 1 is 1.37 bits per heavy atom. The van der Waals surface area contributed by atoms with E-state index in [0.29, 0.717) is 17.2 Å². The number of rotatable bonds is 5. The second-order valence-electron chi connectivity index (χ2n) is 4.81. The molecule has 4 nitrogen and oxygen atoms in total. The van der Waals surface area contributed by atoms with E-state index in [4.69, 9.17) is 0 Å². The standard InChI is InChI=1S/C14H17FN2O2/c1-9-8-10(15)2-5-12(9)14(19)16-7-6-13(18)17-11-3-4-11/h2,5,8,11H,3-4,6-7H2,1H3,(H,16,19)(H,17,18). The highest BCUT2D eigenvalue weighted by Gasteiger charge is 2.22. The van der Waals surface area contributed by atoms with Crippen molar-refractivity contribution in [3.63, 3.8) is 0 Å². The molecule has 0 saturated heterocycles. The van der Waals surface area contributed by atoms with Crippen LogP contribution in [0.3, 0.4) is 0 Å². The molecule has 1 aromatic rings. The lowest BCUT2D eigenvalue weighted by molar-refractivity contribution is -0.121. The van der Waals surface area contributed by atoms with Gasteiger partial charge in [-0.25, -0.2) is 4.39 Å². The van der Waals surface area contributed by atoms with Gasteiger partial charge in [-0.1, -0.05) is 0 Å². The van der Waals surface area contributed by atoms with E-state index in [2.05, 4.69) is 10.6 Å². The zero-order valence-corrected chi connectivity index (χ0v) is 10.8. The van der Waals surface area contributed by atoms with Crippen LogP contribution in [0.15, 0.2) is 18.2 Å². The van der Waals surface area contributed by atoms with Crippen molar-refractivity contribution in [3.05, 3.63) is 35.1 Å². The monoisotopic (exact) mass is 264 g/mol. The first-order chi connectivity index (χ1) is 9.06. The van der Waals surface area contributed by atoms with E-state index in [1.54, 1.807) is 6.92 Å². The number of benzene rings is 1. The number of hydrogen-bond acceptors (Lipinski definition) is 2. The Balaban J connectivity index is 1.78. The van der Waals surface area contributed by atoms with E-state index in [9.17, 15) is 14.0 Å². The minimum absolute atomic E-state index is 0.0429. The van der Waals surface area contributed by atoms with Gasteiger partial charge in [0.2, 0.25) is 5.91 Å². The van der Waals surface area contributed by atoms with Gasteiger partial charge in [-0.15, -0.1) is 0 Å². The van der Waals surface area contributed by atoms with Crippen LogP contribution in [0, 0.1) is 12.7 Å². The van der Waals surface area contributed by atoms with Gasteiger partial charge in [0.1, 0.15) is 5.82 Å². The fourth-order valence-corrected chi connectivity index (χ4v) is 1.79. The summed E-state index contributed by atoms with van der Waals surface area (Å²) in [5, 5.41) is 5.51. The first-order valence-corrected chi connectivity index (χ1v) is 6.40. The molecule has 0 spiro atoms. The molecular formula is C14H17FN2O2. The SMILES string of the molecule is Cc1cc(F)ccc1C(=O)NCCC(=O)NC1CC1. The Morgan fingerprint density at radius 3 is 2.74 bits per heavy atom. The Bertz CT molecular complexity index is 498. The molecule has 2 amide bonds. The van der Waals surface area contributed by atoms with Crippen LogP contribution in [0.4, 0.5) is 4.39 Å². The van der Waals surface area contributed by atoms with Crippen molar-refractivity contribution in [2.24, 2.45) is 0 Å². The van der Waals surface area contributed by atoms with Gasteiger partial charge >= 0.3 is 0 Å². The first-order valence-electron chi connectivity index (χ1n) is 6.40. The molecular weight excluding hydrogens is 247 g/mol. The van der Waals surface area contributed by atoms with Gasteiger partial charge < -0.3 is 10.6 Å². The Hall–Kier alpha value is -1.91. The fourth-order valence-electron chi connectivity index (χ4n) is 1.79. The normalized spacial score (nSPS) is 14.0. The van der Waals surface area contributed by atoms with E-state index >= 15 is 0 Å². The Labute approximate surface area is 111 Å². The minimum atomic E-state index is -0.363. The first kappa shape index (κ1) is 13.5. The molecule has 1 aliphatic carbocycles. The quantitative estimate of drug-likeness (QED) is 0.847. The number of hydrogen-bond donors (Lipinski definition) is 2. The molecule has 2 rings (SSSR count). The molecule has 1 saturated carbocycles. The third kappa shape index (κ3) is 4.05. The molecule has 1 aromatic carbocycles. The lowest BCUT2D eigenvalue weighted by atomic mass is 10.1. The maximum Gasteiger partial charge on any atom is 0.251 e.